The summed E-state index contributed by atoms with van der Waals surface area (Å²) in [6, 6.07) is 7.39. The molecule has 1 aromatic carbocycles. The Balaban J connectivity index is 2.01. The van der Waals surface area contributed by atoms with Gasteiger partial charge in [0.05, 0.1) is 0 Å². The van der Waals surface area contributed by atoms with Crippen molar-refractivity contribution in [2.24, 2.45) is 11.7 Å². The summed E-state index contributed by atoms with van der Waals surface area (Å²) in [7, 11) is 0. The van der Waals surface area contributed by atoms with Gasteiger partial charge >= 0.3 is 0 Å². The van der Waals surface area contributed by atoms with Crippen LogP contribution in [0.2, 0.25) is 0 Å². The van der Waals surface area contributed by atoms with Crippen molar-refractivity contribution in [2.75, 3.05) is 13.1 Å². The van der Waals surface area contributed by atoms with E-state index in [1.54, 1.807) is 0 Å². The van der Waals surface area contributed by atoms with Crippen molar-refractivity contribution in [3.05, 3.63) is 35.4 Å². The summed E-state index contributed by atoms with van der Waals surface area (Å²) in [5.74, 6) is 0.743. The molecule has 1 aromatic rings. The van der Waals surface area contributed by atoms with Crippen molar-refractivity contribution in [1.29, 1.82) is 0 Å². The van der Waals surface area contributed by atoms with Crippen LogP contribution in [0.25, 0.3) is 0 Å². The second kappa shape index (κ2) is 6.20. The number of nitrogens with two attached hydrogens (primary N) is 1. The van der Waals surface area contributed by atoms with E-state index in [-0.39, 0.29) is 5.91 Å². The summed E-state index contributed by atoms with van der Waals surface area (Å²) < 4.78 is 0. The first kappa shape index (κ1) is 14.1. The number of benzene rings is 1. The topological polar surface area (TPSA) is 46.3 Å². The van der Waals surface area contributed by atoms with E-state index in [1.165, 1.54) is 24.8 Å². The molecule has 0 radical (unpaired) electrons. The Morgan fingerprint density at radius 2 is 2.00 bits per heavy atom. The Morgan fingerprint density at radius 1 is 1.37 bits per heavy atom. The molecular formula is C16H24N2O. The first-order valence-corrected chi connectivity index (χ1v) is 7.22. The number of nitrogens with zero attached hydrogens (tertiary/aromatic N) is 1. The monoisotopic (exact) mass is 260 g/mol. The maximum absolute atomic E-state index is 12.4. The highest BCUT2D eigenvalue weighted by molar-refractivity contribution is 5.83. The number of hydrogen-bond acceptors (Lipinski definition) is 2. The molecule has 1 amide bonds. The van der Waals surface area contributed by atoms with Crippen LogP contribution >= 0.6 is 0 Å². The average molecular weight is 260 g/mol. The van der Waals surface area contributed by atoms with Crippen molar-refractivity contribution in [3.63, 3.8) is 0 Å². The summed E-state index contributed by atoms with van der Waals surface area (Å²) in [4.78, 5) is 14.3. The minimum atomic E-state index is -0.527. The lowest BCUT2D eigenvalue weighted by atomic mass is 9.85. The minimum absolute atomic E-state index is 0.0539. The Kier molecular flexibility index (Phi) is 4.59. The number of carbonyl (C=O) groups excluding carboxylic acids is 1. The van der Waals surface area contributed by atoms with E-state index < -0.39 is 6.04 Å². The highest BCUT2D eigenvalue weighted by Crippen LogP contribution is 2.27. The van der Waals surface area contributed by atoms with Gasteiger partial charge in [-0.05, 0) is 38.2 Å². The molecule has 0 bridgehead atoms. The molecule has 3 heteroatoms. The molecule has 0 spiro atoms. The van der Waals surface area contributed by atoms with Crippen molar-refractivity contribution < 1.29 is 4.79 Å². The highest BCUT2D eigenvalue weighted by Gasteiger charge is 2.26. The zero-order valence-corrected chi connectivity index (χ0v) is 11.9. The van der Waals surface area contributed by atoms with Gasteiger partial charge in [0.15, 0.2) is 0 Å². The molecule has 1 saturated carbocycles. The van der Waals surface area contributed by atoms with Gasteiger partial charge < -0.3 is 10.6 Å². The van der Waals surface area contributed by atoms with Crippen LogP contribution in [0.1, 0.15) is 43.4 Å². The molecule has 3 nitrogen and oxygen atoms in total. The Labute approximate surface area is 115 Å². The van der Waals surface area contributed by atoms with Gasteiger partial charge in [0.1, 0.15) is 6.04 Å². The fraction of sp³-hybridized carbons (Fsp3) is 0.562. The third-order valence-corrected chi connectivity index (χ3v) is 4.10. The predicted octanol–water partition coefficient (Wildman–Crippen LogP) is 2.64. The van der Waals surface area contributed by atoms with Gasteiger partial charge in [-0.3, -0.25) is 4.79 Å². The van der Waals surface area contributed by atoms with Gasteiger partial charge in [0.25, 0.3) is 0 Å². The van der Waals surface area contributed by atoms with E-state index in [4.69, 9.17) is 5.73 Å². The third kappa shape index (κ3) is 3.35. The van der Waals surface area contributed by atoms with Gasteiger partial charge in [-0.25, -0.2) is 0 Å². The van der Waals surface area contributed by atoms with Gasteiger partial charge in [0, 0.05) is 13.1 Å². The number of aryl methyl sites for hydroxylation is 1. The normalized spacial score (nSPS) is 16.8. The summed E-state index contributed by atoms with van der Waals surface area (Å²) >= 11 is 0. The van der Waals surface area contributed by atoms with Gasteiger partial charge in [0.2, 0.25) is 5.91 Å². The maximum Gasteiger partial charge on any atom is 0.244 e. The van der Waals surface area contributed by atoms with Crippen molar-refractivity contribution in [2.45, 2.75) is 39.2 Å². The summed E-state index contributed by atoms with van der Waals surface area (Å²) in [6.07, 6.45) is 3.81. The molecule has 0 aromatic heterocycles. The van der Waals surface area contributed by atoms with Gasteiger partial charge in [-0.1, -0.05) is 36.2 Å². The van der Waals surface area contributed by atoms with Gasteiger partial charge in [-0.15, -0.1) is 0 Å². The predicted molar refractivity (Wildman–Crippen MR) is 77.7 cm³/mol. The lowest BCUT2D eigenvalue weighted by Crippen LogP contribution is -2.42. The van der Waals surface area contributed by atoms with E-state index >= 15 is 0 Å². The lowest BCUT2D eigenvalue weighted by molar-refractivity contribution is -0.133. The van der Waals surface area contributed by atoms with Crippen LogP contribution in [0.5, 0.6) is 0 Å². The molecule has 1 aliphatic carbocycles. The average Bonchev–Trinajstić information content (AvgIpc) is 2.37. The molecule has 1 aliphatic rings. The number of amides is 1. The molecule has 0 saturated heterocycles. The molecular weight excluding hydrogens is 236 g/mol. The van der Waals surface area contributed by atoms with E-state index in [0.29, 0.717) is 5.92 Å². The largest absolute Gasteiger partial charge is 0.341 e. The first-order chi connectivity index (χ1) is 9.11. The molecule has 0 aliphatic heterocycles. The first-order valence-electron chi connectivity index (χ1n) is 7.22. The molecule has 2 rings (SSSR count). The Bertz CT molecular complexity index is 423. The van der Waals surface area contributed by atoms with E-state index in [9.17, 15) is 4.79 Å². The zero-order valence-electron chi connectivity index (χ0n) is 11.9. The second-order valence-corrected chi connectivity index (χ2v) is 5.56. The molecule has 0 heterocycles. The molecule has 104 valence electrons. The van der Waals surface area contributed by atoms with Crippen LogP contribution < -0.4 is 5.73 Å². The molecule has 1 atom stereocenters. The lowest BCUT2D eigenvalue weighted by Gasteiger charge is -2.33. The standard InChI is InChI=1S/C16H24N2O/c1-3-18(11-13-5-4-6-13)16(19)15(17)14-9-7-12(2)8-10-14/h7-10,13,15H,3-6,11,17H2,1-2H3. The fourth-order valence-corrected chi connectivity index (χ4v) is 2.48. The SMILES string of the molecule is CCN(CC1CCC1)C(=O)C(N)c1ccc(C)cc1. The maximum atomic E-state index is 12.4. The Hall–Kier alpha value is -1.35. The number of hydrogen-bond donors (Lipinski definition) is 1. The van der Waals surface area contributed by atoms with Crippen molar-refractivity contribution in [3.8, 4) is 0 Å². The molecule has 1 fully saturated rings. The molecule has 1 unspecified atom stereocenters. The minimum Gasteiger partial charge on any atom is -0.341 e. The molecule has 19 heavy (non-hydrogen) atoms. The van der Waals surface area contributed by atoms with Crippen molar-refractivity contribution >= 4 is 5.91 Å². The highest BCUT2D eigenvalue weighted by atomic mass is 16.2. The van der Waals surface area contributed by atoms with E-state index in [2.05, 4.69) is 0 Å². The fourth-order valence-electron chi connectivity index (χ4n) is 2.48. The number of carbonyl (C=O) groups is 1. The van der Waals surface area contributed by atoms with Crippen LogP contribution in [0.3, 0.4) is 0 Å². The zero-order chi connectivity index (χ0) is 13.8. The summed E-state index contributed by atoms with van der Waals surface area (Å²) in [6.45, 7) is 5.67. The van der Waals surface area contributed by atoms with Crippen LogP contribution in [-0.2, 0) is 4.79 Å². The van der Waals surface area contributed by atoms with Crippen LogP contribution in [0.15, 0.2) is 24.3 Å². The third-order valence-electron chi connectivity index (χ3n) is 4.10. The second-order valence-electron chi connectivity index (χ2n) is 5.56. The quantitative estimate of drug-likeness (QED) is 0.884. The van der Waals surface area contributed by atoms with Gasteiger partial charge in [-0.2, -0.15) is 0 Å². The van der Waals surface area contributed by atoms with Crippen LogP contribution in [0.4, 0.5) is 0 Å². The number of likely N-dealkylation sites (N-methyl/N-ethyl adjacent to an activating group) is 1. The van der Waals surface area contributed by atoms with E-state index in [0.717, 1.165) is 18.7 Å². The van der Waals surface area contributed by atoms with Crippen LogP contribution in [-0.4, -0.2) is 23.9 Å². The summed E-state index contributed by atoms with van der Waals surface area (Å²) in [5.41, 5.74) is 8.20. The van der Waals surface area contributed by atoms with E-state index in [1.807, 2.05) is 43.0 Å². The molecule has 2 N–H and O–H groups in total. The van der Waals surface area contributed by atoms with Crippen LogP contribution in [0, 0.1) is 12.8 Å². The Morgan fingerprint density at radius 3 is 2.47 bits per heavy atom. The number of rotatable bonds is 5. The van der Waals surface area contributed by atoms with Crippen molar-refractivity contribution in [1.82, 2.24) is 4.90 Å². The smallest absolute Gasteiger partial charge is 0.244 e. The summed E-state index contributed by atoms with van der Waals surface area (Å²) in [5, 5.41) is 0.